The van der Waals surface area contributed by atoms with E-state index in [0.29, 0.717) is 12.2 Å². The van der Waals surface area contributed by atoms with Crippen LogP contribution in [0, 0.1) is 0 Å². The molecular formula is C16H20OS. The Balaban J connectivity index is 1.72. The topological polar surface area (TPSA) is 9.23 Å². The Hall–Kier alpha value is -0.730. The number of benzene rings is 1. The van der Waals surface area contributed by atoms with Crippen molar-refractivity contribution in [1.82, 2.24) is 0 Å². The van der Waals surface area contributed by atoms with Crippen molar-refractivity contribution in [2.24, 2.45) is 0 Å². The van der Waals surface area contributed by atoms with Crippen molar-refractivity contribution in [3.8, 4) is 0 Å². The lowest BCUT2D eigenvalue weighted by Gasteiger charge is -2.15. The first-order valence-corrected chi connectivity index (χ1v) is 7.81. The van der Waals surface area contributed by atoms with Crippen LogP contribution >= 0.6 is 11.8 Å². The molecule has 96 valence electrons. The van der Waals surface area contributed by atoms with Gasteiger partial charge in [-0.2, -0.15) is 0 Å². The van der Waals surface area contributed by atoms with Gasteiger partial charge < -0.3 is 4.74 Å². The van der Waals surface area contributed by atoms with Gasteiger partial charge in [-0.05, 0) is 48.8 Å². The molecule has 2 atom stereocenters. The summed E-state index contributed by atoms with van der Waals surface area (Å²) in [6.07, 6.45) is 10.8. The van der Waals surface area contributed by atoms with Crippen LogP contribution in [-0.2, 0) is 4.74 Å². The smallest absolute Gasteiger partial charge is 0.0770 e. The Kier molecular flexibility index (Phi) is 4.06. The Labute approximate surface area is 114 Å². The molecule has 1 saturated heterocycles. The molecular weight excluding hydrogens is 240 g/mol. The van der Waals surface area contributed by atoms with Gasteiger partial charge in [0.15, 0.2) is 0 Å². The first kappa shape index (κ1) is 12.3. The lowest BCUT2D eigenvalue weighted by molar-refractivity contribution is 0.0174. The summed E-state index contributed by atoms with van der Waals surface area (Å²) in [5.74, 6) is 0. The van der Waals surface area contributed by atoms with Crippen LogP contribution in [0.4, 0.5) is 0 Å². The van der Waals surface area contributed by atoms with Crippen LogP contribution in [0.1, 0.15) is 38.5 Å². The summed E-state index contributed by atoms with van der Waals surface area (Å²) in [4.78, 5) is 2.84. The Morgan fingerprint density at radius 1 is 1.00 bits per heavy atom. The van der Waals surface area contributed by atoms with Gasteiger partial charge in [0.25, 0.3) is 0 Å². The number of thioether (sulfide) groups is 1. The summed E-state index contributed by atoms with van der Waals surface area (Å²) in [6.45, 7) is 0. The summed E-state index contributed by atoms with van der Waals surface area (Å²) < 4.78 is 6.15. The van der Waals surface area contributed by atoms with Crippen molar-refractivity contribution >= 4 is 11.8 Å². The highest BCUT2D eigenvalue weighted by Crippen LogP contribution is 2.35. The normalized spacial score (nSPS) is 28.1. The molecule has 1 fully saturated rings. The minimum Gasteiger partial charge on any atom is -0.371 e. The zero-order valence-corrected chi connectivity index (χ0v) is 11.5. The van der Waals surface area contributed by atoms with E-state index >= 15 is 0 Å². The maximum atomic E-state index is 6.15. The molecule has 2 heterocycles. The van der Waals surface area contributed by atoms with Crippen molar-refractivity contribution in [1.29, 1.82) is 0 Å². The van der Waals surface area contributed by atoms with Gasteiger partial charge >= 0.3 is 0 Å². The number of fused-ring (bicyclic) bond motifs is 2. The molecule has 18 heavy (non-hydrogen) atoms. The molecule has 0 aromatic heterocycles. The SMILES string of the molecule is C1=C(Sc2ccccc2)CCC2CCCCC1O2. The van der Waals surface area contributed by atoms with E-state index in [1.54, 1.807) is 0 Å². The predicted molar refractivity (Wildman–Crippen MR) is 76.7 cm³/mol. The molecule has 0 spiro atoms. The van der Waals surface area contributed by atoms with Crippen molar-refractivity contribution in [3.05, 3.63) is 41.3 Å². The van der Waals surface area contributed by atoms with E-state index < -0.39 is 0 Å². The van der Waals surface area contributed by atoms with E-state index in [1.165, 1.54) is 48.3 Å². The van der Waals surface area contributed by atoms with Gasteiger partial charge in [0.2, 0.25) is 0 Å². The molecule has 0 aliphatic carbocycles. The molecule has 2 heteroatoms. The Morgan fingerprint density at radius 3 is 2.72 bits per heavy atom. The van der Waals surface area contributed by atoms with Crippen molar-refractivity contribution < 1.29 is 4.74 Å². The maximum Gasteiger partial charge on any atom is 0.0770 e. The third kappa shape index (κ3) is 3.18. The van der Waals surface area contributed by atoms with Gasteiger partial charge in [0.05, 0.1) is 12.2 Å². The van der Waals surface area contributed by atoms with E-state index in [0.717, 1.165) is 0 Å². The fraction of sp³-hybridized carbons (Fsp3) is 0.500. The van der Waals surface area contributed by atoms with Crippen LogP contribution in [0.15, 0.2) is 46.2 Å². The van der Waals surface area contributed by atoms with Crippen LogP contribution in [0.3, 0.4) is 0 Å². The first-order chi connectivity index (χ1) is 8.90. The predicted octanol–water partition coefficient (Wildman–Crippen LogP) is 4.78. The Morgan fingerprint density at radius 2 is 1.83 bits per heavy atom. The molecule has 1 nitrogen and oxygen atoms in total. The summed E-state index contributed by atoms with van der Waals surface area (Å²) in [5, 5.41) is 0. The quantitative estimate of drug-likeness (QED) is 0.756. The van der Waals surface area contributed by atoms with Gasteiger partial charge in [-0.3, -0.25) is 0 Å². The zero-order valence-electron chi connectivity index (χ0n) is 10.7. The summed E-state index contributed by atoms with van der Waals surface area (Å²) in [6, 6.07) is 10.7. The van der Waals surface area contributed by atoms with Crippen molar-refractivity contribution in [2.75, 3.05) is 0 Å². The average molecular weight is 260 g/mol. The van der Waals surface area contributed by atoms with E-state index in [4.69, 9.17) is 4.74 Å². The minimum absolute atomic E-state index is 0.367. The average Bonchev–Trinajstić information content (AvgIpc) is 2.73. The van der Waals surface area contributed by atoms with E-state index in [2.05, 4.69) is 36.4 Å². The van der Waals surface area contributed by atoms with E-state index in [-0.39, 0.29) is 0 Å². The molecule has 2 aliphatic heterocycles. The second kappa shape index (κ2) is 5.94. The molecule has 0 radical (unpaired) electrons. The number of allylic oxidation sites excluding steroid dienone is 1. The first-order valence-electron chi connectivity index (χ1n) is 6.99. The molecule has 1 aromatic carbocycles. The zero-order chi connectivity index (χ0) is 12.2. The van der Waals surface area contributed by atoms with Gasteiger partial charge in [0.1, 0.15) is 0 Å². The maximum absolute atomic E-state index is 6.15. The number of ether oxygens (including phenoxy) is 1. The summed E-state index contributed by atoms with van der Waals surface area (Å²) in [5.41, 5.74) is 0. The summed E-state index contributed by atoms with van der Waals surface area (Å²) in [7, 11) is 0. The van der Waals surface area contributed by atoms with Gasteiger partial charge in [-0.15, -0.1) is 0 Å². The van der Waals surface area contributed by atoms with Crippen molar-refractivity contribution in [3.63, 3.8) is 0 Å². The lowest BCUT2D eigenvalue weighted by atomic mass is 10.1. The van der Waals surface area contributed by atoms with Gasteiger partial charge in [-0.25, -0.2) is 0 Å². The van der Waals surface area contributed by atoms with Crippen LogP contribution in [0.25, 0.3) is 0 Å². The highest BCUT2D eigenvalue weighted by atomic mass is 32.2. The standard InChI is InChI=1S/C16H20OS/c1-2-8-15(9-3-1)18-16-11-10-13-6-4-5-7-14(12-16)17-13/h1-3,8-9,12-14H,4-7,10-11H2. The van der Waals surface area contributed by atoms with E-state index in [1.807, 2.05) is 11.8 Å². The minimum atomic E-state index is 0.367. The second-order valence-corrected chi connectivity index (χ2v) is 6.37. The molecule has 2 unspecified atom stereocenters. The van der Waals surface area contributed by atoms with Gasteiger partial charge in [-0.1, -0.05) is 42.8 Å². The molecule has 1 aromatic rings. The largest absolute Gasteiger partial charge is 0.371 e. The Bertz CT molecular complexity index is 412. The fourth-order valence-corrected chi connectivity index (χ4v) is 3.79. The van der Waals surface area contributed by atoms with E-state index in [9.17, 15) is 0 Å². The molecule has 0 N–H and O–H groups in total. The van der Waals surface area contributed by atoms with Crippen LogP contribution < -0.4 is 0 Å². The van der Waals surface area contributed by atoms with Crippen molar-refractivity contribution in [2.45, 2.75) is 55.6 Å². The van der Waals surface area contributed by atoms with Crippen LogP contribution in [-0.4, -0.2) is 12.2 Å². The monoisotopic (exact) mass is 260 g/mol. The molecule has 0 saturated carbocycles. The number of rotatable bonds is 2. The molecule has 2 bridgehead atoms. The summed E-state index contributed by atoms with van der Waals surface area (Å²) >= 11 is 1.91. The molecule has 2 aliphatic rings. The molecule has 0 amide bonds. The second-order valence-electron chi connectivity index (χ2n) is 5.17. The van der Waals surface area contributed by atoms with Crippen LogP contribution in [0.2, 0.25) is 0 Å². The fourth-order valence-electron chi connectivity index (χ4n) is 2.75. The van der Waals surface area contributed by atoms with Gasteiger partial charge in [0, 0.05) is 4.90 Å². The number of hydrogen-bond acceptors (Lipinski definition) is 2. The number of hydrogen-bond donors (Lipinski definition) is 0. The third-order valence-electron chi connectivity index (χ3n) is 3.71. The molecule has 3 rings (SSSR count). The highest BCUT2D eigenvalue weighted by Gasteiger charge is 2.23. The van der Waals surface area contributed by atoms with Crippen LogP contribution in [0.5, 0.6) is 0 Å². The highest BCUT2D eigenvalue weighted by molar-refractivity contribution is 8.03. The lowest BCUT2D eigenvalue weighted by Crippen LogP contribution is -2.15. The third-order valence-corrected chi connectivity index (χ3v) is 4.82.